The van der Waals surface area contributed by atoms with Crippen molar-refractivity contribution in [2.75, 3.05) is 13.7 Å². The largest absolute Gasteiger partial charge is 0.481 e. The summed E-state index contributed by atoms with van der Waals surface area (Å²) >= 11 is 0. The van der Waals surface area contributed by atoms with Crippen LogP contribution in [-0.2, 0) is 6.42 Å². The highest BCUT2D eigenvalue weighted by Crippen LogP contribution is 2.21. The molecule has 4 nitrogen and oxygen atoms in total. The van der Waals surface area contributed by atoms with Crippen LogP contribution in [0, 0.1) is 5.82 Å². The SMILES string of the molecule is CCCNC(Cc1ccc(OC)nc1)c1ccncc1F. The number of pyridine rings is 2. The third-order valence-electron chi connectivity index (χ3n) is 3.27. The fourth-order valence-corrected chi connectivity index (χ4v) is 2.17. The van der Waals surface area contributed by atoms with Crippen LogP contribution >= 0.6 is 0 Å². The summed E-state index contributed by atoms with van der Waals surface area (Å²) in [6.07, 6.45) is 6.29. The Bertz CT molecular complexity index is 560. The number of halogens is 1. The Morgan fingerprint density at radius 3 is 2.76 bits per heavy atom. The molecule has 0 aromatic carbocycles. The fourth-order valence-electron chi connectivity index (χ4n) is 2.17. The van der Waals surface area contributed by atoms with Gasteiger partial charge in [0.25, 0.3) is 0 Å². The van der Waals surface area contributed by atoms with E-state index in [1.54, 1.807) is 25.6 Å². The summed E-state index contributed by atoms with van der Waals surface area (Å²) in [4.78, 5) is 8.00. The average molecular weight is 289 g/mol. The lowest BCUT2D eigenvalue weighted by molar-refractivity contribution is 0.397. The third-order valence-corrected chi connectivity index (χ3v) is 3.27. The highest BCUT2D eigenvalue weighted by Gasteiger charge is 2.16. The fraction of sp³-hybridized carbons (Fsp3) is 0.375. The Labute approximate surface area is 124 Å². The van der Waals surface area contributed by atoms with Gasteiger partial charge in [0.05, 0.1) is 13.3 Å². The molecule has 5 heteroatoms. The van der Waals surface area contributed by atoms with E-state index in [4.69, 9.17) is 4.74 Å². The van der Waals surface area contributed by atoms with Gasteiger partial charge in [-0.2, -0.15) is 0 Å². The number of hydrogen-bond donors (Lipinski definition) is 1. The standard InChI is InChI=1S/C16H20FN3O/c1-3-7-19-15(13-6-8-18-11-14(13)17)9-12-4-5-16(21-2)20-10-12/h4-6,8,10-11,15,19H,3,7,9H2,1-2H3. The van der Waals surface area contributed by atoms with Crippen LogP contribution in [0.2, 0.25) is 0 Å². The van der Waals surface area contributed by atoms with Crippen LogP contribution in [0.4, 0.5) is 4.39 Å². The summed E-state index contributed by atoms with van der Waals surface area (Å²) in [5.41, 5.74) is 1.66. The van der Waals surface area contributed by atoms with Gasteiger partial charge < -0.3 is 10.1 Å². The minimum atomic E-state index is -0.285. The predicted octanol–water partition coefficient (Wildman–Crippen LogP) is 2.91. The molecule has 0 saturated carbocycles. The molecular formula is C16H20FN3O. The number of rotatable bonds is 7. The van der Waals surface area contributed by atoms with Crippen molar-refractivity contribution in [1.82, 2.24) is 15.3 Å². The molecule has 0 aliphatic rings. The monoisotopic (exact) mass is 289 g/mol. The molecule has 2 aromatic rings. The van der Waals surface area contributed by atoms with Gasteiger partial charge in [-0.3, -0.25) is 4.98 Å². The van der Waals surface area contributed by atoms with E-state index in [0.717, 1.165) is 18.5 Å². The Morgan fingerprint density at radius 2 is 2.14 bits per heavy atom. The molecule has 21 heavy (non-hydrogen) atoms. The van der Waals surface area contributed by atoms with E-state index in [9.17, 15) is 4.39 Å². The van der Waals surface area contributed by atoms with Gasteiger partial charge in [-0.15, -0.1) is 0 Å². The smallest absolute Gasteiger partial charge is 0.212 e. The van der Waals surface area contributed by atoms with E-state index in [2.05, 4.69) is 22.2 Å². The lowest BCUT2D eigenvalue weighted by atomic mass is 10.00. The van der Waals surface area contributed by atoms with Crippen LogP contribution < -0.4 is 10.1 Å². The molecule has 0 saturated heterocycles. The van der Waals surface area contributed by atoms with Crippen molar-refractivity contribution in [2.24, 2.45) is 0 Å². The second kappa shape index (κ2) is 7.69. The number of nitrogens with one attached hydrogen (secondary N) is 1. The maximum Gasteiger partial charge on any atom is 0.212 e. The van der Waals surface area contributed by atoms with Gasteiger partial charge in [0.2, 0.25) is 5.88 Å². The van der Waals surface area contributed by atoms with Gasteiger partial charge in [0, 0.05) is 30.1 Å². The maximum absolute atomic E-state index is 14.0. The molecule has 1 unspecified atom stereocenters. The Morgan fingerprint density at radius 1 is 1.29 bits per heavy atom. The van der Waals surface area contributed by atoms with E-state index in [1.807, 2.05) is 12.1 Å². The van der Waals surface area contributed by atoms with E-state index in [1.165, 1.54) is 6.20 Å². The second-order valence-corrected chi connectivity index (χ2v) is 4.82. The second-order valence-electron chi connectivity index (χ2n) is 4.82. The molecule has 0 fully saturated rings. The lowest BCUT2D eigenvalue weighted by Crippen LogP contribution is -2.25. The number of ether oxygens (including phenoxy) is 1. The molecule has 0 amide bonds. The van der Waals surface area contributed by atoms with E-state index in [0.29, 0.717) is 17.9 Å². The topological polar surface area (TPSA) is 47.0 Å². The molecule has 1 N–H and O–H groups in total. The highest BCUT2D eigenvalue weighted by molar-refractivity contribution is 5.23. The van der Waals surface area contributed by atoms with E-state index in [-0.39, 0.29) is 11.9 Å². The molecule has 0 aliphatic carbocycles. The molecule has 112 valence electrons. The first-order chi connectivity index (χ1) is 10.2. The number of nitrogens with zero attached hydrogens (tertiary/aromatic N) is 2. The van der Waals surface area contributed by atoms with Crippen LogP contribution in [0.15, 0.2) is 36.8 Å². The number of hydrogen-bond acceptors (Lipinski definition) is 4. The van der Waals surface area contributed by atoms with Crippen molar-refractivity contribution in [1.29, 1.82) is 0 Å². The Kier molecular flexibility index (Phi) is 5.63. The first-order valence-electron chi connectivity index (χ1n) is 7.06. The summed E-state index contributed by atoms with van der Waals surface area (Å²) in [7, 11) is 1.58. The molecule has 0 radical (unpaired) electrons. The number of aromatic nitrogens is 2. The van der Waals surface area contributed by atoms with E-state index >= 15 is 0 Å². The van der Waals surface area contributed by atoms with Crippen LogP contribution in [0.1, 0.15) is 30.5 Å². The maximum atomic E-state index is 14.0. The van der Waals surface area contributed by atoms with Crippen LogP contribution in [0.5, 0.6) is 5.88 Å². The number of methoxy groups -OCH3 is 1. The van der Waals surface area contributed by atoms with Crippen molar-refractivity contribution in [3.05, 3.63) is 53.7 Å². The summed E-state index contributed by atoms with van der Waals surface area (Å²) < 4.78 is 19.0. The molecule has 0 aliphatic heterocycles. The van der Waals surface area contributed by atoms with Crippen LogP contribution in [0.25, 0.3) is 0 Å². The minimum Gasteiger partial charge on any atom is -0.481 e. The molecule has 0 bridgehead atoms. The van der Waals surface area contributed by atoms with Crippen LogP contribution in [-0.4, -0.2) is 23.6 Å². The molecule has 1 atom stereocenters. The van der Waals surface area contributed by atoms with Gasteiger partial charge in [-0.25, -0.2) is 9.37 Å². The zero-order valence-electron chi connectivity index (χ0n) is 12.3. The molecular weight excluding hydrogens is 269 g/mol. The minimum absolute atomic E-state index is 0.0943. The van der Waals surface area contributed by atoms with Gasteiger partial charge in [-0.1, -0.05) is 13.0 Å². The van der Waals surface area contributed by atoms with Crippen molar-refractivity contribution < 1.29 is 9.13 Å². The highest BCUT2D eigenvalue weighted by atomic mass is 19.1. The predicted molar refractivity (Wildman–Crippen MR) is 79.7 cm³/mol. The van der Waals surface area contributed by atoms with E-state index < -0.39 is 0 Å². The molecule has 0 spiro atoms. The Balaban J connectivity index is 2.17. The lowest BCUT2D eigenvalue weighted by Gasteiger charge is -2.19. The summed E-state index contributed by atoms with van der Waals surface area (Å²) in [6.45, 7) is 2.91. The third kappa shape index (κ3) is 4.23. The molecule has 2 heterocycles. The van der Waals surface area contributed by atoms with Crippen molar-refractivity contribution >= 4 is 0 Å². The first-order valence-corrected chi connectivity index (χ1v) is 7.06. The van der Waals surface area contributed by atoms with Gasteiger partial charge in [-0.05, 0) is 31.0 Å². The summed E-state index contributed by atoms with van der Waals surface area (Å²) in [5.74, 6) is 0.291. The summed E-state index contributed by atoms with van der Waals surface area (Å²) in [5, 5.41) is 3.38. The van der Waals surface area contributed by atoms with Crippen LogP contribution in [0.3, 0.4) is 0 Å². The summed E-state index contributed by atoms with van der Waals surface area (Å²) in [6, 6.07) is 5.39. The van der Waals surface area contributed by atoms with Crippen molar-refractivity contribution in [3.8, 4) is 5.88 Å². The quantitative estimate of drug-likeness (QED) is 0.851. The van der Waals surface area contributed by atoms with Gasteiger partial charge in [0.1, 0.15) is 5.82 Å². The zero-order chi connectivity index (χ0) is 15.1. The first kappa shape index (κ1) is 15.4. The Hall–Kier alpha value is -2.01. The normalized spacial score (nSPS) is 12.1. The average Bonchev–Trinajstić information content (AvgIpc) is 2.53. The van der Waals surface area contributed by atoms with Crippen molar-refractivity contribution in [2.45, 2.75) is 25.8 Å². The van der Waals surface area contributed by atoms with Crippen molar-refractivity contribution in [3.63, 3.8) is 0 Å². The zero-order valence-corrected chi connectivity index (χ0v) is 12.3. The van der Waals surface area contributed by atoms with Gasteiger partial charge >= 0.3 is 0 Å². The molecule has 2 aromatic heterocycles. The van der Waals surface area contributed by atoms with Gasteiger partial charge in [0.15, 0.2) is 0 Å². The molecule has 2 rings (SSSR count).